The molecule has 4 rings (SSSR count). The van der Waals surface area contributed by atoms with Crippen LogP contribution in [0.3, 0.4) is 0 Å². The Hall–Kier alpha value is -2.61. The molecule has 0 radical (unpaired) electrons. The molecular formula is C25H35N3O5. The normalized spacial score (nSPS) is 23.2. The summed E-state index contributed by atoms with van der Waals surface area (Å²) in [5.74, 6) is 0.588. The van der Waals surface area contributed by atoms with Crippen molar-refractivity contribution >= 4 is 17.7 Å². The molecule has 2 atom stereocenters. The number of hydrogen-bond acceptors (Lipinski definition) is 5. The summed E-state index contributed by atoms with van der Waals surface area (Å²) in [5.41, 5.74) is -0.403. The second kappa shape index (κ2) is 9.71. The van der Waals surface area contributed by atoms with Crippen molar-refractivity contribution < 1.29 is 23.9 Å². The first-order chi connectivity index (χ1) is 15.9. The van der Waals surface area contributed by atoms with E-state index in [0.717, 1.165) is 25.7 Å². The van der Waals surface area contributed by atoms with Crippen LogP contribution in [0.5, 0.6) is 5.75 Å². The van der Waals surface area contributed by atoms with Crippen molar-refractivity contribution in [3.8, 4) is 5.75 Å². The SMILES string of the molecule is CCC(C)NC(=O)C1COC2(CCN(C(=O)C3CCC3)CC2)N1C(=O)c1ccc(OC)cc1. The van der Waals surface area contributed by atoms with E-state index in [2.05, 4.69) is 5.32 Å². The number of nitrogens with zero attached hydrogens (tertiary/aromatic N) is 2. The van der Waals surface area contributed by atoms with Crippen LogP contribution in [0.15, 0.2) is 24.3 Å². The minimum atomic E-state index is -0.884. The van der Waals surface area contributed by atoms with Crippen molar-refractivity contribution in [1.82, 2.24) is 15.1 Å². The minimum absolute atomic E-state index is 0.00827. The fraction of sp³-hybridized carbons (Fsp3) is 0.640. The number of benzene rings is 1. The van der Waals surface area contributed by atoms with Crippen LogP contribution in [0.2, 0.25) is 0 Å². The molecular weight excluding hydrogens is 422 g/mol. The molecule has 8 nitrogen and oxygen atoms in total. The summed E-state index contributed by atoms with van der Waals surface area (Å²) in [6, 6.07) is 6.21. The lowest BCUT2D eigenvalue weighted by Gasteiger charge is -2.45. The highest BCUT2D eigenvalue weighted by Crippen LogP contribution is 2.40. The van der Waals surface area contributed by atoms with Gasteiger partial charge in [-0.15, -0.1) is 0 Å². The Bertz CT molecular complexity index is 875. The maximum Gasteiger partial charge on any atom is 0.256 e. The van der Waals surface area contributed by atoms with E-state index in [0.29, 0.717) is 37.2 Å². The number of ether oxygens (including phenoxy) is 2. The number of hydrogen-bond donors (Lipinski definition) is 1. The summed E-state index contributed by atoms with van der Waals surface area (Å²) in [6.07, 6.45) is 4.86. The largest absolute Gasteiger partial charge is 0.497 e. The number of piperidine rings is 1. The van der Waals surface area contributed by atoms with Crippen LogP contribution < -0.4 is 10.1 Å². The average molecular weight is 458 g/mol. The highest BCUT2D eigenvalue weighted by molar-refractivity contribution is 5.98. The number of carbonyl (C=O) groups is 3. The fourth-order valence-corrected chi connectivity index (χ4v) is 4.87. The van der Waals surface area contributed by atoms with Crippen LogP contribution in [-0.2, 0) is 14.3 Å². The lowest BCUT2D eigenvalue weighted by atomic mass is 9.83. The molecule has 2 heterocycles. The molecule has 3 amide bonds. The molecule has 1 aromatic rings. The third-order valence-electron chi connectivity index (χ3n) is 7.43. The van der Waals surface area contributed by atoms with Gasteiger partial charge in [-0.1, -0.05) is 13.3 Å². The van der Waals surface area contributed by atoms with E-state index >= 15 is 0 Å². The van der Waals surface area contributed by atoms with Gasteiger partial charge >= 0.3 is 0 Å². The van der Waals surface area contributed by atoms with Gasteiger partial charge in [0.2, 0.25) is 11.8 Å². The van der Waals surface area contributed by atoms with E-state index < -0.39 is 11.8 Å². The Balaban J connectivity index is 1.56. The van der Waals surface area contributed by atoms with E-state index in [9.17, 15) is 14.4 Å². The number of rotatable bonds is 6. The van der Waals surface area contributed by atoms with E-state index in [1.165, 1.54) is 0 Å². The number of likely N-dealkylation sites (tertiary alicyclic amines) is 1. The zero-order valence-corrected chi connectivity index (χ0v) is 19.8. The first kappa shape index (κ1) is 23.5. The molecule has 3 aliphatic rings. The van der Waals surface area contributed by atoms with Gasteiger partial charge < -0.3 is 19.7 Å². The van der Waals surface area contributed by atoms with Crippen LogP contribution in [0, 0.1) is 5.92 Å². The van der Waals surface area contributed by atoms with E-state index in [1.807, 2.05) is 18.7 Å². The molecule has 2 aliphatic heterocycles. The van der Waals surface area contributed by atoms with Gasteiger partial charge in [0.05, 0.1) is 13.7 Å². The summed E-state index contributed by atoms with van der Waals surface area (Å²) in [6.45, 7) is 5.17. The summed E-state index contributed by atoms with van der Waals surface area (Å²) in [4.78, 5) is 43.1. The van der Waals surface area contributed by atoms with E-state index in [4.69, 9.17) is 9.47 Å². The Labute approximate surface area is 195 Å². The first-order valence-electron chi connectivity index (χ1n) is 12.1. The molecule has 1 spiro atoms. The van der Waals surface area contributed by atoms with Crippen LogP contribution in [0.1, 0.15) is 62.7 Å². The van der Waals surface area contributed by atoms with Crippen molar-refractivity contribution in [1.29, 1.82) is 0 Å². The van der Waals surface area contributed by atoms with Crippen molar-refractivity contribution in [2.75, 3.05) is 26.8 Å². The Morgan fingerprint density at radius 1 is 1.18 bits per heavy atom. The summed E-state index contributed by atoms with van der Waals surface area (Å²) in [7, 11) is 1.58. The summed E-state index contributed by atoms with van der Waals surface area (Å²) >= 11 is 0. The standard InChI is InChI=1S/C25H35N3O5/c1-4-17(2)26-22(29)21-16-33-25(12-14-27(15-13-25)23(30)18-6-5-7-18)28(21)24(31)19-8-10-20(32-3)11-9-19/h8-11,17-18,21H,4-7,12-16H2,1-3H3,(H,26,29). The molecule has 8 heteroatoms. The molecule has 33 heavy (non-hydrogen) atoms. The molecule has 0 bridgehead atoms. The quantitative estimate of drug-likeness (QED) is 0.709. The van der Waals surface area contributed by atoms with Crippen LogP contribution >= 0.6 is 0 Å². The van der Waals surface area contributed by atoms with Gasteiger partial charge in [0.1, 0.15) is 17.5 Å². The fourth-order valence-electron chi connectivity index (χ4n) is 4.87. The highest BCUT2D eigenvalue weighted by atomic mass is 16.5. The van der Waals surface area contributed by atoms with Gasteiger partial charge in [0, 0.05) is 43.5 Å². The molecule has 3 fully saturated rings. The van der Waals surface area contributed by atoms with Gasteiger partial charge in [0.15, 0.2) is 0 Å². The number of amides is 3. The van der Waals surface area contributed by atoms with Gasteiger partial charge in [0.25, 0.3) is 5.91 Å². The molecule has 2 unspecified atom stereocenters. The van der Waals surface area contributed by atoms with Crippen molar-refractivity contribution in [3.63, 3.8) is 0 Å². The van der Waals surface area contributed by atoms with Crippen LogP contribution in [-0.4, -0.2) is 72.1 Å². The Morgan fingerprint density at radius 2 is 1.85 bits per heavy atom. The lowest BCUT2D eigenvalue weighted by molar-refractivity contribution is -0.149. The lowest BCUT2D eigenvalue weighted by Crippen LogP contribution is -2.60. The minimum Gasteiger partial charge on any atom is -0.497 e. The summed E-state index contributed by atoms with van der Waals surface area (Å²) < 4.78 is 11.5. The topological polar surface area (TPSA) is 88.2 Å². The van der Waals surface area contributed by atoms with Crippen molar-refractivity contribution in [2.45, 2.75) is 70.2 Å². The Kier molecular flexibility index (Phi) is 6.93. The second-order valence-electron chi connectivity index (χ2n) is 9.45. The zero-order chi connectivity index (χ0) is 23.6. The molecule has 0 aromatic heterocycles. The predicted molar refractivity (Wildman–Crippen MR) is 123 cm³/mol. The van der Waals surface area contributed by atoms with Gasteiger partial charge in [-0.2, -0.15) is 0 Å². The molecule has 1 aliphatic carbocycles. The van der Waals surface area contributed by atoms with E-state index in [1.54, 1.807) is 36.3 Å². The zero-order valence-electron chi connectivity index (χ0n) is 19.8. The third-order valence-corrected chi connectivity index (χ3v) is 7.43. The summed E-state index contributed by atoms with van der Waals surface area (Å²) in [5, 5.41) is 3.01. The molecule has 1 aromatic carbocycles. The van der Waals surface area contributed by atoms with Crippen molar-refractivity contribution in [3.05, 3.63) is 29.8 Å². The predicted octanol–water partition coefficient (Wildman–Crippen LogP) is 2.57. The second-order valence-corrected chi connectivity index (χ2v) is 9.45. The van der Waals surface area contributed by atoms with Crippen molar-refractivity contribution in [2.24, 2.45) is 5.92 Å². The van der Waals surface area contributed by atoms with Crippen LogP contribution in [0.25, 0.3) is 0 Å². The molecule has 1 N–H and O–H groups in total. The third kappa shape index (κ3) is 4.58. The van der Waals surface area contributed by atoms with Gasteiger partial charge in [-0.25, -0.2) is 0 Å². The molecule has 180 valence electrons. The number of methoxy groups -OCH3 is 1. The van der Waals surface area contributed by atoms with Gasteiger partial charge in [-0.3, -0.25) is 19.3 Å². The molecule has 1 saturated carbocycles. The maximum atomic E-state index is 13.7. The van der Waals surface area contributed by atoms with E-state index in [-0.39, 0.29) is 36.3 Å². The van der Waals surface area contributed by atoms with Gasteiger partial charge in [-0.05, 0) is 50.5 Å². The average Bonchev–Trinajstić information content (AvgIpc) is 3.16. The molecule has 2 saturated heterocycles. The Morgan fingerprint density at radius 3 is 2.39 bits per heavy atom. The number of carbonyl (C=O) groups excluding carboxylic acids is 3. The first-order valence-corrected chi connectivity index (χ1v) is 12.1. The number of nitrogens with one attached hydrogen (secondary N) is 1. The highest BCUT2D eigenvalue weighted by Gasteiger charge is 2.54. The smallest absolute Gasteiger partial charge is 0.256 e. The maximum absolute atomic E-state index is 13.7. The van der Waals surface area contributed by atoms with Crippen LogP contribution in [0.4, 0.5) is 0 Å². The monoisotopic (exact) mass is 457 g/mol.